The van der Waals surface area contributed by atoms with Crippen molar-refractivity contribution in [2.45, 2.75) is 87.0 Å². The number of unbranched alkanes of at least 4 members (excludes halogenated alkanes) is 2. The minimum absolute atomic E-state index is 0.439. The number of aliphatic imine (C=N–C) groups is 1. The highest BCUT2D eigenvalue weighted by Gasteiger charge is 2.16. The van der Waals surface area contributed by atoms with Gasteiger partial charge in [-0.3, -0.25) is 4.99 Å². The number of hydrogen-bond donors (Lipinski definition) is 1. The maximum absolute atomic E-state index is 5.66. The lowest BCUT2D eigenvalue weighted by Gasteiger charge is -2.11. The van der Waals surface area contributed by atoms with Crippen LogP contribution in [0.25, 0.3) is 0 Å². The maximum atomic E-state index is 5.66. The highest BCUT2D eigenvalue weighted by atomic mass is 32.1. The molecule has 0 aliphatic heterocycles. The van der Waals surface area contributed by atoms with Crippen molar-refractivity contribution in [3.8, 4) is 0 Å². The van der Waals surface area contributed by atoms with E-state index in [1.54, 1.807) is 6.26 Å². The smallest absolute Gasteiger partial charge is 0.143 e. The fourth-order valence-corrected chi connectivity index (χ4v) is 4.15. The highest BCUT2D eigenvalue weighted by Crippen LogP contribution is 2.29. The molecule has 1 atom stereocenters. The predicted octanol–water partition coefficient (Wildman–Crippen LogP) is 7.84. The zero-order valence-electron chi connectivity index (χ0n) is 20.2. The van der Waals surface area contributed by atoms with Gasteiger partial charge in [0.25, 0.3) is 0 Å². The summed E-state index contributed by atoms with van der Waals surface area (Å²) in [5.74, 6) is 2.08. The summed E-state index contributed by atoms with van der Waals surface area (Å²) in [6, 6.07) is 0. The summed E-state index contributed by atoms with van der Waals surface area (Å²) >= 11 is 1.87. The van der Waals surface area contributed by atoms with Crippen molar-refractivity contribution in [2.75, 3.05) is 6.54 Å². The van der Waals surface area contributed by atoms with Crippen molar-refractivity contribution >= 4 is 17.2 Å². The van der Waals surface area contributed by atoms with Crippen LogP contribution in [-0.4, -0.2) is 12.4 Å². The standard InChI is InChI=1S/C26H42N2OS/c1-9-12-14-20(5)28-26(27-18-21(6)29-17-16-19(4)11-3)25-23(8)22(7)24(30-25)15-13-10-2/h14,16-17,19H,6,9-13,15,18H2,1-5,7-8H3,(H,27,28)/b17-16-,20-14+. The van der Waals surface area contributed by atoms with Crippen molar-refractivity contribution in [3.05, 3.63) is 57.3 Å². The molecule has 0 bridgehead atoms. The van der Waals surface area contributed by atoms with Crippen LogP contribution in [0.15, 0.2) is 41.4 Å². The lowest BCUT2D eigenvalue weighted by atomic mass is 10.1. The number of allylic oxidation sites excluding steroid dienone is 3. The highest BCUT2D eigenvalue weighted by molar-refractivity contribution is 7.14. The number of ether oxygens (including phenoxy) is 1. The van der Waals surface area contributed by atoms with E-state index in [1.807, 2.05) is 11.3 Å². The lowest BCUT2D eigenvalue weighted by Crippen LogP contribution is -2.23. The Morgan fingerprint density at radius 1 is 1.20 bits per heavy atom. The number of nitrogens with one attached hydrogen (secondary N) is 1. The van der Waals surface area contributed by atoms with Crippen LogP contribution in [0.1, 0.15) is 87.6 Å². The van der Waals surface area contributed by atoms with Gasteiger partial charge in [0.2, 0.25) is 0 Å². The molecular weight excluding hydrogens is 388 g/mol. The van der Waals surface area contributed by atoms with Gasteiger partial charge in [-0.1, -0.05) is 53.2 Å². The summed E-state index contributed by atoms with van der Waals surface area (Å²) in [5, 5.41) is 3.55. The monoisotopic (exact) mass is 430 g/mol. The fourth-order valence-electron chi connectivity index (χ4n) is 2.83. The molecule has 0 spiro atoms. The Labute approximate surface area is 189 Å². The van der Waals surface area contributed by atoms with Gasteiger partial charge in [0, 0.05) is 10.6 Å². The lowest BCUT2D eigenvalue weighted by molar-refractivity contribution is 0.343. The molecule has 0 aliphatic rings. The first-order valence-electron chi connectivity index (χ1n) is 11.4. The van der Waals surface area contributed by atoms with Crippen LogP contribution in [0.4, 0.5) is 0 Å². The number of hydrogen-bond acceptors (Lipinski definition) is 3. The van der Waals surface area contributed by atoms with Crippen molar-refractivity contribution in [2.24, 2.45) is 10.9 Å². The number of thiophene rings is 1. The van der Waals surface area contributed by atoms with E-state index in [-0.39, 0.29) is 0 Å². The first-order valence-corrected chi connectivity index (χ1v) is 12.2. The van der Waals surface area contributed by atoms with Gasteiger partial charge in [0.05, 0.1) is 17.7 Å². The Balaban J connectivity index is 3.07. The molecule has 168 valence electrons. The normalized spacial score (nSPS) is 13.7. The molecule has 30 heavy (non-hydrogen) atoms. The van der Waals surface area contributed by atoms with Crippen molar-refractivity contribution in [1.29, 1.82) is 0 Å². The summed E-state index contributed by atoms with van der Waals surface area (Å²) in [6.07, 6.45) is 12.9. The van der Waals surface area contributed by atoms with Crippen LogP contribution in [0.3, 0.4) is 0 Å². The quantitative estimate of drug-likeness (QED) is 0.196. The molecule has 0 aromatic carbocycles. The molecular formula is C26H42N2OS. The largest absolute Gasteiger partial charge is 0.468 e. The van der Waals surface area contributed by atoms with Gasteiger partial charge in [-0.05, 0) is 69.6 Å². The Morgan fingerprint density at radius 2 is 1.93 bits per heavy atom. The Hall–Kier alpha value is -1.81. The van der Waals surface area contributed by atoms with Gasteiger partial charge in [-0.15, -0.1) is 11.3 Å². The summed E-state index contributed by atoms with van der Waals surface area (Å²) < 4.78 is 5.66. The zero-order chi connectivity index (χ0) is 22.5. The van der Waals surface area contributed by atoms with Gasteiger partial charge < -0.3 is 10.1 Å². The first kappa shape index (κ1) is 26.2. The molecule has 0 amide bonds. The minimum Gasteiger partial charge on any atom is -0.468 e. The summed E-state index contributed by atoms with van der Waals surface area (Å²) in [5.41, 5.74) is 3.86. The molecule has 0 fully saturated rings. The second-order valence-electron chi connectivity index (χ2n) is 8.04. The summed E-state index contributed by atoms with van der Waals surface area (Å²) in [6.45, 7) is 19.8. The molecule has 1 N–H and O–H groups in total. The zero-order valence-corrected chi connectivity index (χ0v) is 21.0. The SMILES string of the molecule is C=C(CN=C(N/C(C)=C/CCC)c1sc(CCCC)c(C)c1C)O/C=C\C(C)CC. The van der Waals surface area contributed by atoms with Crippen LogP contribution in [0.5, 0.6) is 0 Å². The molecule has 4 heteroatoms. The molecule has 3 nitrogen and oxygen atoms in total. The van der Waals surface area contributed by atoms with Gasteiger partial charge >= 0.3 is 0 Å². The number of aryl methyl sites for hydroxylation is 1. The van der Waals surface area contributed by atoms with Crippen molar-refractivity contribution in [1.82, 2.24) is 5.32 Å². The first-order chi connectivity index (χ1) is 14.3. The van der Waals surface area contributed by atoms with Gasteiger partial charge in [0.15, 0.2) is 0 Å². The molecule has 0 saturated carbocycles. The van der Waals surface area contributed by atoms with Crippen LogP contribution in [0, 0.1) is 19.8 Å². The maximum Gasteiger partial charge on any atom is 0.143 e. The Kier molecular flexibility index (Phi) is 12.4. The Bertz CT molecular complexity index is 755. The molecule has 1 aromatic rings. The van der Waals surface area contributed by atoms with Crippen molar-refractivity contribution in [3.63, 3.8) is 0 Å². The van der Waals surface area contributed by atoms with E-state index in [1.165, 1.54) is 33.7 Å². The van der Waals surface area contributed by atoms with Crippen LogP contribution >= 0.6 is 11.3 Å². The van der Waals surface area contributed by atoms with Gasteiger partial charge in [0.1, 0.15) is 11.6 Å². The molecule has 1 rings (SSSR count). The molecule has 0 radical (unpaired) electrons. The molecule has 1 heterocycles. The van der Waals surface area contributed by atoms with E-state index in [2.05, 4.69) is 72.5 Å². The summed E-state index contributed by atoms with van der Waals surface area (Å²) in [4.78, 5) is 7.57. The Morgan fingerprint density at radius 3 is 2.57 bits per heavy atom. The van der Waals surface area contributed by atoms with E-state index >= 15 is 0 Å². The average Bonchev–Trinajstić information content (AvgIpc) is 3.01. The van der Waals surface area contributed by atoms with E-state index in [0.717, 1.165) is 37.2 Å². The van der Waals surface area contributed by atoms with E-state index < -0.39 is 0 Å². The fraction of sp³-hybridized carbons (Fsp3) is 0.577. The molecule has 1 aromatic heterocycles. The average molecular weight is 431 g/mol. The second-order valence-corrected chi connectivity index (χ2v) is 9.15. The van der Waals surface area contributed by atoms with Gasteiger partial charge in [-0.2, -0.15) is 0 Å². The van der Waals surface area contributed by atoms with E-state index in [0.29, 0.717) is 18.2 Å². The minimum atomic E-state index is 0.439. The topological polar surface area (TPSA) is 33.6 Å². The second kappa shape index (κ2) is 14.2. The van der Waals surface area contributed by atoms with E-state index in [9.17, 15) is 0 Å². The van der Waals surface area contributed by atoms with Crippen LogP contribution in [0.2, 0.25) is 0 Å². The molecule has 0 saturated heterocycles. The molecule has 1 unspecified atom stereocenters. The number of nitrogens with zero attached hydrogens (tertiary/aromatic N) is 1. The van der Waals surface area contributed by atoms with Crippen molar-refractivity contribution < 1.29 is 4.74 Å². The third-order valence-electron chi connectivity index (χ3n) is 5.27. The summed E-state index contributed by atoms with van der Waals surface area (Å²) in [7, 11) is 0. The third kappa shape index (κ3) is 8.91. The van der Waals surface area contributed by atoms with Crippen LogP contribution in [-0.2, 0) is 11.2 Å². The van der Waals surface area contributed by atoms with Crippen LogP contribution < -0.4 is 5.32 Å². The van der Waals surface area contributed by atoms with E-state index in [4.69, 9.17) is 9.73 Å². The number of rotatable bonds is 13. The van der Waals surface area contributed by atoms with Gasteiger partial charge in [-0.25, -0.2) is 0 Å². The molecule has 0 aliphatic carbocycles. The number of amidine groups is 1. The predicted molar refractivity (Wildman–Crippen MR) is 134 cm³/mol. The third-order valence-corrected chi connectivity index (χ3v) is 6.73.